The summed E-state index contributed by atoms with van der Waals surface area (Å²) in [5.41, 5.74) is 18.1. The number of benzene rings is 2. The summed E-state index contributed by atoms with van der Waals surface area (Å²) in [4.78, 5) is 54.9. The van der Waals surface area contributed by atoms with Gasteiger partial charge in [-0.15, -0.1) is 0 Å². The van der Waals surface area contributed by atoms with E-state index >= 15 is 0 Å². The van der Waals surface area contributed by atoms with E-state index in [0.717, 1.165) is 0 Å². The number of hydrogen-bond acceptors (Lipinski definition) is 8. The average molecular weight is 586 g/mol. The van der Waals surface area contributed by atoms with Gasteiger partial charge in [-0.25, -0.2) is 4.79 Å². The number of nitrogens with two attached hydrogens (primary N) is 3. The number of nitrogens with one attached hydrogen (secondary N) is 3. The molecule has 0 aliphatic heterocycles. The zero-order valence-corrected chi connectivity index (χ0v) is 23.3. The van der Waals surface area contributed by atoms with Gasteiger partial charge in [-0.2, -0.15) is 0 Å². The van der Waals surface area contributed by atoms with E-state index in [-0.39, 0.29) is 43.9 Å². The number of carbonyl (C=O) groups is 4. The van der Waals surface area contributed by atoms with Gasteiger partial charge in [-0.3, -0.25) is 19.4 Å². The molecule has 0 saturated carbocycles. The molecular weight excluding hydrogens is 546 g/mol. The van der Waals surface area contributed by atoms with Gasteiger partial charge in [0.25, 0.3) is 0 Å². The Balaban J connectivity index is 2.14. The summed E-state index contributed by atoms with van der Waals surface area (Å²) in [5.74, 6) is -3.77. The van der Waals surface area contributed by atoms with E-state index in [4.69, 9.17) is 17.2 Å². The molecule has 0 spiro atoms. The summed E-state index contributed by atoms with van der Waals surface area (Å²) in [7, 11) is 0. The van der Waals surface area contributed by atoms with Crippen molar-refractivity contribution in [1.29, 1.82) is 0 Å². The highest BCUT2D eigenvalue weighted by Crippen LogP contribution is 2.11. The summed E-state index contributed by atoms with van der Waals surface area (Å²) in [6, 6.07) is 9.67. The number of carboxylic acid groups (broad SMARTS) is 1. The molecule has 0 aromatic heterocycles. The van der Waals surface area contributed by atoms with Crippen molar-refractivity contribution in [3.8, 4) is 5.75 Å². The van der Waals surface area contributed by atoms with Gasteiger partial charge in [0.05, 0.1) is 12.1 Å². The normalized spacial score (nSPS) is 14.4. The van der Waals surface area contributed by atoms with Gasteiger partial charge in [0.2, 0.25) is 17.7 Å². The van der Waals surface area contributed by atoms with Gasteiger partial charge in [-0.1, -0.05) is 42.5 Å². The molecule has 5 unspecified atom stereocenters. The van der Waals surface area contributed by atoms with E-state index in [1.54, 1.807) is 42.5 Å². The van der Waals surface area contributed by atoms with E-state index in [9.17, 15) is 34.5 Å². The van der Waals surface area contributed by atoms with Crippen molar-refractivity contribution in [2.24, 2.45) is 22.2 Å². The Bertz CT molecular complexity index is 1220. The lowest BCUT2D eigenvalue weighted by Gasteiger charge is -2.26. The number of phenolic OH excluding ortho intramolecular Hbond substituents is 1. The van der Waals surface area contributed by atoms with Crippen molar-refractivity contribution in [3.05, 3.63) is 65.7 Å². The van der Waals surface area contributed by atoms with Crippen molar-refractivity contribution in [1.82, 2.24) is 16.0 Å². The van der Waals surface area contributed by atoms with Crippen molar-refractivity contribution >= 4 is 29.7 Å². The molecule has 0 heterocycles. The van der Waals surface area contributed by atoms with Crippen LogP contribution in [0, 0.1) is 0 Å². The van der Waals surface area contributed by atoms with Crippen LogP contribution < -0.4 is 33.2 Å². The van der Waals surface area contributed by atoms with E-state index in [1.807, 2.05) is 0 Å². The van der Waals surface area contributed by atoms with Crippen LogP contribution in [0.3, 0.4) is 0 Å². The van der Waals surface area contributed by atoms with Crippen LogP contribution in [0.25, 0.3) is 0 Å². The van der Waals surface area contributed by atoms with Gasteiger partial charge in [0.1, 0.15) is 23.9 Å². The molecule has 0 saturated heterocycles. The topological polar surface area (TPSA) is 255 Å². The number of aromatic hydroxyl groups is 1. The van der Waals surface area contributed by atoms with Crippen molar-refractivity contribution in [3.63, 3.8) is 0 Å². The van der Waals surface area contributed by atoms with E-state index in [0.29, 0.717) is 11.1 Å². The van der Waals surface area contributed by atoms with Crippen LogP contribution in [0.4, 0.5) is 0 Å². The molecule has 0 aliphatic carbocycles. The van der Waals surface area contributed by atoms with Crippen LogP contribution in [0.15, 0.2) is 59.6 Å². The van der Waals surface area contributed by atoms with E-state index in [1.165, 1.54) is 19.1 Å². The Morgan fingerprint density at radius 2 is 1.43 bits per heavy atom. The predicted molar refractivity (Wildman–Crippen MR) is 155 cm³/mol. The zero-order chi connectivity index (χ0) is 31.2. The summed E-state index contributed by atoms with van der Waals surface area (Å²) in [5, 5.41) is 36.7. The second-order valence-corrected chi connectivity index (χ2v) is 9.80. The van der Waals surface area contributed by atoms with Gasteiger partial charge in [-0.05, 0) is 49.4 Å². The predicted octanol–water partition coefficient (Wildman–Crippen LogP) is -1.52. The fourth-order valence-corrected chi connectivity index (χ4v) is 4.00. The molecule has 14 heteroatoms. The van der Waals surface area contributed by atoms with E-state index in [2.05, 4.69) is 20.9 Å². The molecule has 0 aliphatic rings. The van der Waals surface area contributed by atoms with Crippen LogP contribution in [0.5, 0.6) is 5.75 Å². The standard InChI is InChI=1S/C28H39N7O7/c1-16(36)23(26(40)34-22(27(41)42)15-17-6-3-2-4-7-17)35-25(39)21(8-5-13-32-28(30)31)33-24(38)20(29)14-18-9-11-19(37)12-10-18/h2-4,6-7,9-12,16,20-23,36-37H,5,8,13-15,29H2,1H3,(H,33,38)(H,34,40)(H,35,39)(H,41,42)(H4,30,31,32). The lowest BCUT2D eigenvalue weighted by atomic mass is 10.0. The maximum Gasteiger partial charge on any atom is 0.326 e. The molecule has 2 rings (SSSR count). The molecule has 14 nitrogen and oxygen atoms in total. The van der Waals surface area contributed by atoms with Crippen LogP contribution >= 0.6 is 0 Å². The van der Waals surface area contributed by atoms with Crippen LogP contribution in [-0.4, -0.2) is 81.8 Å². The minimum atomic E-state index is -1.53. The number of guanidine groups is 1. The molecule has 228 valence electrons. The second-order valence-electron chi connectivity index (χ2n) is 9.80. The molecule has 5 atom stereocenters. The number of carbonyl (C=O) groups excluding carboxylic acids is 3. The molecule has 3 amide bonds. The Kier molecular flexibility index (Phi) is 13.2. The van der Waals surface area contributed by atoms with Crippen molar-refractivity contribution in [2.45, 2.75) is 62.9 Å². The lowest BCUT2D eigenvalue weighted by Crippen LogP contribution is -2.60. The van der Waals surface area contributed by atoms with Gasteiger partial charge in [0, 0.05) is 13.0 Å². The highest BCUT2D eigenvalue weighted by atomic mass is 16.4. The highest BCUT2D eigenvalue weighted by Gasteiger charge is 2.32. The van der Waals surface area contributed by atoms with Crippen LogP contribution in [0.1, 0.15) is 30.9 Å². The fourth-order valence-electron chi connectivity index (χ4n) is 4.00. The van der Waals surface area contributed by atoms with Gasteiger partial charge < -0.3 is 48.5 Å². The van der Waals surface area contributed by atoms with Crippen molar-refractivity contribution in [2.75, 3.05) is 6.54 Å². The first-order chi connectivity index (χ1) is 19.9. The highest BCUT2D eigenvalue weighted by molar-refractivity contribution is 5.94. The lowest BCUT2D eigenvalue weighted by molar-refractivity contribution is -0.143. The number of aliphatic carboxylic acids is 1. The van der Waals surface area contributed by atoms with Crippen LogP contribution in [-0.2, 0) is 32.0 Å². The third-order valence-corrected chi connectivity index (χ3v) is 6.27. The number of rotatable bonds is 16. The maximum absolute atomic E-state index is 13.3. The number of aliphatic hydroxyl groups excluding tert-OH is 1. The minimum absolute atomic E-state index is 0.0230. The third-order valence-electron chi connectivity index (χ3n) is 6.27. The first-order valence-corrected chi connectivity index (χ1v) is 13.3. The molecule has 0 fully saturated rings. The number of aliphatic imine (C=N–C) groups is 1. The number of nitrogens with zero attached hydrogens (tertiary/aromatic N) is 1. The first-order valence-electron chi connectivity index (χ1n) is 13.3. The quantitative estimate of drug-likeness (QED) is 0.0624. The minimum Gasteiger partial charge on any atom is -0.508 e. The molecule has 0 radical (unpaired) electrons. The Hall–Kier alpha value is -4.69. The number of amides is 3. The summed E-state index contributed by atoms with van der Waals surface area (Å²) >= 11 is 0. The average Bonchev–Trinajstić information content (AvgIpc) is 2.94. The van der Waals surface area contributed by atoms with Gasteiger partial charge >= 0.3 is 5.97 Å². The second kappa shape index (κ2) is 16.5. The number of aliphatic hydroxyl groups is 1. The SMILES string of the molecule is CC(O)C(NC(=O)C(CCCN=C(N)N)NC(=O)C(N)Cc1ccc(O)cc1)C(=O)NC(Cc1ccccc1)C(=O)O. The van der Waals surface area contributed by atoms with Crippen LogP contribution in [0.2, 0.25) is 0 Å². The van der Waals surface area contributed by atoms with Gasteiger partial charge in [0.15, 0.2) is 5.96 Å². The van der Waals surface area contributed by atoms with E-state index < -0.39 is 54.0 Å². The first kappa shape index (κ1) is 33.5. The monoisotopic (exact) mass is 585 g/mol. The summed E-state index contributed by atoms with van der Waals surface area (Å²) in [6.45, 7) is 1.42. The Labute approximate surface area is 243 Å². The largest absolute Gasteiger partial charge is 0.508 e. The molecule has 2 aromatic carbocycles. The number of phenols is 1. The third kappa shape index (κ3) is 11.4. The summed E-state index contributed by atoms with van der Waals surface area (Å²) < 4.78 is 0. The molecule has 42 heavy (non-hydrogen) atoms. The summed E-state index contributed by atoms with van der Waals surface area (Å²) in [6.07, 6.45) is -0.988. The van der Waals surface area contributed by atoms with Crippen molar-refractivity contribution < 1.29 is 34.5 Å². The fraction of sp³-hybridized carbons (Fsp3) is 0.393. The zero-order valence-electron chi connectivity index (χ0n) is 23.3. The number of hydrogen-bond donors (Lipinski definition) is 9. The molecule has 2 aromatic rings. The molecule has 0 bridgehead atoms. The Morgan fingerprint density at radius 1 is 0.833 bits per heavy atom. The molecular formula is C28H39N7O7. The number of carboxylic acids is 1. The maximum atomic E-state index is 13.3. The molecule has 12 N–H and O–H groups in total. The Morgan fingerprint density at radius 3 is 2.00 bits per heavy atom. The smallest absolute Gasteiger partial charge is 0.326 e.